The van der Waals surface area contributed by atoms with Crippen molar-refractivity contribution in [2.24, 2.45) is 0 Å². The molecule has 0 aromatic heterocycles. The van der Waals surface area contributed by atoms with E-state index in [0.717, 1.165) is 17.1 Å². The maximum Gasteiger partial charge on any atom is 0.149 e. The van der Waals surface area contributed by atoms with E-state index in [1.807, 2.05) is 36.0 Å². The van der Waals surface area contributed by atoms with Crippen molar-refractivity contribution in [3.8, 4) is 0 Å². The number of hydrogen-bond acceptors (Lipinski definition) is 2. The van der Waals surface area contributed by atoms with Crippen LogP contribution in [0.5, 0.6) is 0 Å². The Hall–Kier alpha value is -2.23. The summed E-state index contributed by atoms with van der Waals surface area (Å²) in [4.78, 5) is 1.24. The van der Waals surface area contributed by atoms with Crippen LogP contribution in [-0.2, 0) is 0 Å². The van der Waals surface area contributed by atoms with Gasteiger partial charge in [0.25, 0.3) is 0 Å². The van der Waals surface area contributed by atoms with Gasteiger partial charge in [-0.05, 0) is 35.2 Å². The molecule has 0 aliphatic heterocycles. The summed E-state index contributed by atoms with van der Waals surface area (Å²) >= 11 is 1.81. The Balaban J connectivity index is 1.69. The average molecular weight is 307 g/mol. The van der Waals surface area contributed by atoms with Gasteiger partial charge in [-0.1, -0.05) is 48.6 Å². The van der Waals surface area contributed by atoms with Crippen molar-refractivity contribution in [1.82, 2.24) is 0 Å². The molecule has 0 aliphatic rings. The molecule has 22 heavy (non-hydrogen) atoms. The molecule has 2 nitrogen and oxygen atoms in total. The fourth-order valence-corrected chi connectivity index (χ4v) is 3.20. The Morgan fingerprint density at radius 2 is 1.73 bits per heavy atom. The highest BCUT2D eigenvalue weighted by Gasteiger charge is 2.06. The van der Waals surface area contributed by atoms with E-state index in [-0.39, 0.29) is 0 Å². The van der Waals surface area contributed by atoms with Gasteiger partial charge in [0, 0.05) is 16.8 Å². The SMILES string of the molecule is Nc1ccc(/C=C/CSc2ccc3ccccc3c2[NH3+])cc1. The predicted octanol–water partition coefficient (Wildman–Crippen LogP) is 4.10. The van der Waals surface area contributed by atoms with Gasteiger partial charge in [-0.2, -0.15) is 0 Å². The van der Waals surface area contributed by atoms with E-state index in [1.54, 1.807) is 0 Å². The number of benzene rings is 3. The maximum atomic E-state index is 5.68. The van der Waals surface area contributed by atoms with E-state index in [4.69, 9.17) is 5.73 Å². The molecule has 0 fully saturated rings. The number of hydrogen-bond donors (Lipinski definition) is 2. The average Bonchev–Trinajstić information content (AvgIpc) is 2.55. The Labute approximate surface area is 134 Å². The summed E-state index contributed by atoms with van der Waals surface area (Å²) in [6.07, 6.45) is 4.29. The Morgan fingerprint density at radius 1 is 0.955 bits per heavy atom. The molecular weight excluding hydrogens is 288 g/mol. The minimum atomic E-state index is 0.796. The summed E-state index contributed by atoms with van der Waals surface area (Å²) < 4.78 is 0. The number of nitrogens with two attached hydrogens (primary N) is 1. The van der Waals surface area contributed by atoms with Gasteiger partial charge in [0.1, 0.15) is 5.69 Å². The lowest BCUT2D eigenvalue weighted by Gasteiger charge is -2.04. The van der Waals surface area contributed by atoms with Crippen LogP contribution in [0.3, 0.4) is 0 Å². The molecule has 3 aromatic rings. The highest BCUT2D eigenvalue weighted by atomic mass is 32.2. The van der Waals surface area contributed by atoms with E-state index < -0.39 is 0 Å². The molecule has 0 saturated carbocycles. The maximum absolute atomic E-state index is 5.68. The molecule has 110 valence electrons. The molecule has 0 aliphatic carbocycles. The van der Waals surface area contributed by atoms with Crippen molar-refractivity contribution in [2.75, 3.05) is 11.5 Å². The Morgan fingerprint density at radius 3 is 2.55 bits per heavy atom. The van der Waals surface area contributed by atoms with E-state index in [2.05, 4.69) is 54.3 Å². The monoisotopic (exact) mass is 307 g/mol. The van der Waals surface area contributed by atoms with E-state index in [0.29, 0.717) is 0 Å². The molecule has 0 heterocycles. The van der Waals surface area contributed by atoms with Gasteiger partial charge in [0.2, 0.25) is 0 Å². The predicted molar refractivity (Wildman–Crippen MR) is 97.1 cm³/mol. The molecular formula is C19H19N2S+. The standard InChI is InChI=1S/C19H18N2S/c20-16-10-7-14(8-11-16)4-3-13-22-18-12-9-15-5-1-2-6-17(15)19(18)21/h1-12H,13,20-21H2/p+1/b4-3+. The number of fused-ring (bicyclic) bond motifs is 1. The summed E-state index contributed by atoms with van der Waals surface area (Å²) in [5.74, 6) is 0.922. The van der Waals surface area contributed by atoms with Gasteiger partial charge >= 0.3 is 0 Å². The van der Waals surface area contributed by atoms with Gasteiger partial charge in [-0.25, -0.2) is 0 Å². The van der Waals surface area contributed by atoms with Crippen LogP contribution in [0.25, 0.3) is 16.8 Å². The highest BCUT2D eigenvalue weighted by Crippen LogP contribution is 2.30. The summed E-state index contributed by atoms with van der Waals surface area (Å²) in [6, 6.07) is 20.6. The second kappa shape index (κ2) is 6.69. The van der Waals surface area contributed by atoms with Crippen LogP contribution >= 0.6 is 11.8 Å². The van der Waals surface area contributed by atoms with Crippen LogP contribution in [0.2, 0.25) is 0 Å². The summed E-state index contributed by atoms with van der Waals surface area (Å²) in [5.41, 5.74) is 13.0. The number of thioether (sulfide) groups is 1. The number of anilines is 1. The molecule has 3 rings (SSSR count). The quantitative estimate of drug-likeness (QED) is 0.563. The molecule has 0 unspecified atom stereocenters. The van der Waals surface area contributed by atoms with Crippen molar-refractivity contribution >= 4 is 40.0 Å². The molecule has 0 atom stereocenters. The van der Waals surface area contributed by atoms with E-state index in [1.165, 1.54) is 21.2 Å². The first kappa shape index (κ1) is 14.7. The molecule has 3 heteroatoms. The molecule has 0 bridgehead atoms. The second-order valence-electron chi connectivity index (χ2n) is 5.14. The smallest absolute Gasteiger partial charge is 0.149 e. The summed E-state index contributed by atoms with van der Waals surface area (Å²) in [5, 5.41) is 2.48. The summed E-state index contributed by atoms with van der Waals surface area (Å²) in [7, 11) is 0. The van der Waals surface area contributed by atoms with Crippen molar-refractivity contribution in [1.29, 1.82) is 0 Å². The molecule has 0 saturated heterocycles. The first-order valence-electron chi connectivity index (χ1n) is 7.22. The largest absolute Gasteiger partial charge is 0.399 e. The van der Waals surface area contributed by atoms with Crippen LogP contribution in [0.1, 0.15) is 5.56 Å². The fourth-order valence-electron chi connectivity index (χ4n) is 2.38. The number of quaternary nitrogens is 1. The normalized spacial score (nSPS) is 11.3. The van der Waals surface area contributed by atoms with Crippen LogP contribution in [0.4, 0.5) is 11.4 Å². The zero-order valence-electron chi connectivity index (χ0n) is 12.3. The van der Waals surface area contributed by atoms with Crippen LogP contribution in [-0.4, -0.2) is 5.75 Å². The molecule has 3 aromatic carbocycles. The van der Waals surface area contributed by atoms with Crippen LogP contribution in [0.15, 0.2) is 71.6 Å². The first-order chi connectivity index (χ1) is 10.7. The van der Waals surface area contributed by atoms with Crippen molar-refractivity contribution < 1.29 is 5.73 Å². The Kier molecular flexibility index (Phi) is 4.47. The van der Waals surface area contributed by atoms with E-state index >= 15 is 0 Å². The van der Waals surface area contributed by atoms with Gasteiger partial charge in [-0.15, -0.1) is 11.8 Å². The minimum Gasteiger partial charge on any atom is -0.399 e. The highest BCUT2D eigenvalue weighted by molar-refractivity contribution is 7.99. The van der Waals surface area contributed by atoms with E-state index in [9.17, 15) is 0 Å². The molecule has 0 amide bonds. The van der Waals surface area contributed by atoms with Crippen LogP contribution in [0, 0.1) is 0 Å². The topological polar surface area (TPSA) is 53.7 Å². The lowest BCUT2D eigenvalue weighted by Crippen LogP contribution is -2.41. The molecule has 5 N–H and O–H groups in total. The minimum absolute atomic E-state index is 0.796. The number of rotatable bonds is 4. The van der Waals surface area contributed by atoms with Gasteiger partial charge < -0.3 is 11.5 Å². The Bertz CT molecular complexity index is 807. The third-order valence-electron chi connectivity index (χ3n) is 3.58. The zero-order valence-corrected chi connectivity index (χ0v) is 13.1. The van der Waals surface area contributed by atoms with Gasteiger partial charge in [0.05, 0.1) is 4.90 Å². The lowest BCUT2D eigenvalue weighted by atomic mass is 10.1. The fraction of sp³-hybridized carbons (Fsp3) is 0.0526. The van der Waals surface area contributed by atoms with Gasteiger partial charge in [0.15, 0.2) is 0 Å². The zero-order chi connectivity index (χ0) is 15.4. The summed E-state index contributed by atoms with van der Waals surface area (Å²) in [6.45, 7) is 0. The van der Waals surface area contributed by atoms with Gasteiger partial charge in [-0.3, -0.25) is 0 Å². The number of nitrogen functional groups attached to an aromatic ring is 1. The molecule has 0 radical (unpaired) electrons. The third kappa shape index (κ3) is 3.32. The first-order valence-corrected chi connectivity index (χ1v) is 8.21. The third-order valence-corrected chi connectivity index (χ3v) is 4.63. The lowest BCUT2D eigenvalue weighted by molar-refractivity contribution is -0.256. The van der Waals surface area contributed by atoms with Crippen LogP contribution < -0.4 is 11.5 Å². The van der Waals surface area contributed by atoms with Crippen molar-refractivity contribution in [3.05, 3.63) is 72.3 Å². The molecule has 0 spiro atoms. The van der Waals surface area contributed by atoms with Crippen molar-refractivity contribution in [3.63, 3.8) is 0 Å². The van der Waals surface area contributed by atoms with Crippen molar-refractivity contribution in [2.45, 2.75) is 4.90 Å². The second-order valence-corrected chi connectivity index (χ2v) is 6.21.